The minimum absolute atomic E-state index is 0.332. The fourth-order valence-electron chi connectivity index (χ4n) is 3.67. The number of nitrogens with one attached hydrogen (secondary N) is 1. The zero-order chi connectivity index (χ0) is 19.3. The van der Waals surface area contributed by atoms with Crippen molar-refractivity contribution < 1.29 is 4.74 Å². The van der Waals surface area contributed by atoms with Gasteiger partial charge in [-0.05, 0) is 25.0 Å². The molecule has 1 atom stereocenters. The lowest BCUT2D eigenvalue weighted by atomic mass is 10.1. The van der Waals surface area contributed by atoms with E-state index in [1.807, 2.05) is 24.5 Å². The number of aromatic nitrogens is 4. The maximum Gasteiger partial charge on any atom is 0.227 e. The number of rotatable bonds is 5. The molecule has 4 rings (SSSR count). The molecule has 2 fully saturated rings. The molecular weight excluding hydrogens is 354 g/mol. The molecule has 28 heavy (non-hydrogen) atoms. The van der Waals surface area contributed by atoms with Crippen LogP contribution in [0.3, 0.4) is 0 Å². The first-order chi connectivity index (χ1) is 13.7. The second kappa shape index (κ2) is 8.68. The van der Waals surface area contributed by atoms with E-state index < -0.39 is 0 Å². The Morgan fingerprint density at radius 1 is 1.04 bits per heavy atom. The Labute approximate surface area is 166 Å². The van der Waals surface area contributed by atoms with Gasteiger partial charge in [0.15, 0.2) is 0 Å². The first kappa shape index (κ1) is 18.9. The van der Waals surface area contributed by atoms with Crippen molar-refractivity contribution in [3.8, 4) is 0 Å². The maximum absolute atomic E-state index is 5.42. The van der Waals surface area contributed by atoms with E-state index in [0.29, 0.717) is 12.0 Å². The van der Waals surface area contributed by atoms with E-state index in [0.717, 1.165) is 75.6 Å². The third-order valence-corrected chi connectivity index (χ3v) is 5.21. The summed E-state index contributed by atoms with van der Waals surface area (Å²) in [5, 5.41) is 3.60. The zero-order valence-corrected chi connectivity index (χ0v) is 16.7. The topological polar surface area (TPSA) is 79.3 Å². The molecule has 1 unspecified atom stereocenters. The van der Waals surface area contributed by atoms with Crippen LogP contribution in [0.15, 0.2) is 24.5 Å². The van der Waals surface area contributed by atoms with Crippen LogP contribution in [0.2, 0.25) is 0 Å². The van der Waals surface area contributed by atoms with Crippen LogP contribution in [0.5, 0.6) is 0 Å². The Morgan fingerprint density at radius 3 is 2.68 bits per heavy atom. The summed E-state index contributed by atoms with van der Waals surface area (Å²) < 4.78 is 5.42. The van der Waals surface area contributed by atoms with Gasteiger partial charge in [0.1, 0.15) is 17.5 Å². The summed E-state index contributed by atoms with van der Waals surface area (Å²) in [6, 6.07) is 4.29. The van der Waals surface area contributed by atoms with Crippen molar-refractivity contribution in [2.75, 3.05) is 54.5 Å². The molecule has 0 amide bonds. The molecule has 0 bridgehead atoms. The number of hydrogen-bond donors (Lipinski definition) is 1. The summed E-state index contributed by atoms with van der Waals surface area (Å²) in [4.78, 5) is 22.8. The van der Waals surface area contributed by atoms with E-state index in [1.165, 1.54) is 0 Å². The highest BCUT2D eigenvalue weighted by atomic mass is 16.5. The molecule has 0 spiro atoms. The van der Waals surface area contributed by atoms with E-state index in [-0.39, 0.29) is 0 Å². The highest BCUT2D eigenvalue weighted by Gasteiger charge is 2.22. The number of nitrogens with zero attached hydrogens (tertiary/aromatic N) is 6. The lowest BCUT2D eigenvalue weighted by Crippen LogP contribution is -2.43. The van der Waals surface area contributed by atoms with Gasteiger partial charge in [0.2, 0.25) is 5.95 Å². The summed E-state index contributed by atoms with van der Waals surface area (Å²) in [7, 11) is 0. The van der Waals surface area contributed by atoms with E-state index in [9.17, 15) is 0 Å². The van der Waals surface area contributed by atoms with Crippen molar-refractivity contribution in [1.29, 1.82) is 0 Å². The molecule has 4 heterocycles. The van der Waals surface area contributed by atoms with Crippen molar-refractivity contribution >= 4 is 17.6 Å². The van der Waals surface area contributed by atoms with E-state index >= 15 is 0 Å². The molecule has 150 valence electrons. The quantitative estimate of drug-likeness (QED) is 0.843. The molecule has 0 aliphatic carbocycles. The third kappa shape index (κ3) is 4.49. The van der Waals surface area contributed by atoms with Crippen LogP contribution >= 0.6 is 0 Å². The lowest BCUT2D eigenvalue weighted by molar-refractivity contribution is 0.122. The van der Waals surface area contributed by atoms with Crippen LogP contribution in [0, 0.1) is 0 Å². The van der Waals surface area contributed by atoms with Crippen molar-refractivity contribution in [1.82, 2.24) is 19.9 Å². The Morgan fingerprint density at radius 2 is 1.86 bits per heavy atom. The molecule has 2 saturated heterocycles. The minimum Gasteiger partial charge on any atom is -0.378 e. The van der Waals surface area contributed by atoms with Crippen molar-refractivity contribution in [3.05, 3.63) is 30.4 Å². The monoisotopic (exact) mass is 383 g/mol. The normalized spacial score (nSPS) is 20.5. The molecule has 2 aliphatic rings. The zero-order valence-electron chi connectivity index (χ0n) is 16.7. The van der Waals surface area contributed by atoms with Gasteiger partial charge in [-0.25, -0.2) is 15.0 Å². The van der Waals surface area contributed by atoms with Crippen LogP contribution in [0.1, 0.15) is 38.4 Å². The summed E-state index contributed by atoms with van der Waals surface area (Å²) in [5.41, 5.74) is 0. The molecule has 2 aliphatic heterocycles. The predicted molar refractivity (Wildman–Crippen MR) is 110 cm³/mol. The molecular formula is C20H29N7O. The maximum atomic E-state index is 5.42. The fourth-order valence-corrected chi connectivity index (χ4v) is 3.67. The Balaban J connectivity index is 1.42. The standard InChI is InChI=1S/C20H29N7O/c1-15(2)19-21-8-6-18(25-19)27-9-3-4-16(14-27)23-17-5-7-22-20(24-17)26-10-12-28-13-11-26/h5-8,15-16H,3-4,9-14H2,1-2H3,(H,22,23,24). The van der Waals surface area contributed by atoms with Crippen LogP contribution in [0.25, 0.3) is 0 Å². The van der Waals surface area contributed by atoms with E-state index in [4.69, 9.17) is 14.7 Å². The second-order valence-electron chi connectivity index (χ2n) is 7.70. The SMILES string of the molecule is CC(C)c1nccc(N2CCCC(Nc3ccnc(N4CCOCC4)n3)C2)n1. The molecule has 2 aromatic rings. The average molecular weight is 384 g/mol. The van der Waals surface area contributed by atoms with Crippen LogP contribution in [-0.2, 0) is 4.74 Å². The highest BCUT2D eigenvalue weighted by molar-refractivity contribution is 5.44. The third-order valence-electron chi connectivity index (χ3n) is 5.21. The van der Waals surface area contributed by atoms with Gasteiger partial charge >= 0.3 is 0 Å². The summed E-state index contributed by atoms with van der Waals surface area (Å²) in [6.07, 6.45) is 5.95. The average Bonchev–Trinajstić information content (AvgIpc) is 2.75. The lowest BCUT2D eigenvalue weighted by Gasteiger charge is -2.34. The summed E-state index contributed by atoms with van der Waals surface area (Å²) in [5.74, 6) is 3.91. The number of hydrogen-bond acceptors (Lipinski definition) is 8. The van der Waals surface area contributed by atoms with Crippen LogP contribution in [0.4, 0.5) is 17.6 Å². The first-order valence-corrected chi connectivity index (χ1v) is 10.2. The second-order valence-corrected chi connectivity index (χ2v) is 7.70. The Kier molecular flexibility index (Phi) is 5.85. The van der Waals surface area contributed by atoms with Crippen LogP contribution in [-0.4, -0.2) is 65.4 Å². The van der Waals surface area contributed by atoms with E-state index in [1.54, 1.807) is 0 Å². The van der Waals surface area contributed by atoms with Gasteiger partial charge in [-0.2, -0.15) is 4.98 Å². The number of ether oxygens (including phenoxy) is 1. The van der Waals surface area contributed by atoms with Gasteiger partial charge in [-0.3, -0.25) is 0 Å². The number of morpholine rings is 1. The molecule has 8 heteroatoms. The van der Waals surface area contributed by atoms with Gasteiger partial charge in [0.25, 0.3) is 0 Å². The van der Waals surface area contributed by atoms with Gasteiger partial charge < -0.3 is 19.9 Å². The van der Waals surface area contributed by atoms with Crippen molar-refractivity contribution in [2.45, 2.75) is 38.6 Å². The molecule has 2 aromatic heterocycles. The largest absolute Gasteiger partial charge is 0.378 e. The smallest absolute Gasteiger partial charge is 0.227 e. The van der Waals surface area contributed by atoms with Gasteiger partial charge in [0.05, 0.1) is 13.2 Å². The number of anilines is 3. The summed E-state index contributed by atoms with van der Waals surface area (Å²) >= 11 is 0. The molecule has 1 N–H and O–H groups in total. The Hall–Kier alpha value is -2.48. The van der Waals surface area contributed by atoms with E-state index in [2.05, 4.69) is 38.9 Å². The minimum atomic E-state index is 0.332. The molecule has 0 aromatic carbocycles. The van der Waals surface area contributed by atoms with Crippen LogP contribution < -0.4 is 15.1 Å². The van der Waals surface area contributed by atoms with Gasteiger partial charge in [-0.15, -0.1) is 0 Å². The van der Waals surface area contributed by atoms with Crippen molar-refractivity contribution in [3.63, 3.8) is 0 Å². The summed E-state index contributed by atoms with van der Waals surface area (Å²) in [6.45, 7) is 9.33. The highest BCUT2D eigenvalue weighted by Crippen LogP contribution is 2.22. The molecule has 0 radical (unpaired) electrons. The first-order valence-electron chi connectivity index (χ1n) is 10.2. The van der Waals surface area contributed by atoms with Gasteiger partial charge in [-0.1, -0.05) is 13.8 Å². The van der Waals surface area contributed by atoms with Crippen molar-refractivity contribution in [2.24, 2.45) is 0 Å². The molecule has 8 nitrogen and oxygen atoms in total. The Bertz CT molecular complexity index is 779. The van der Waals surface area contributed by atoms with Gasteiger partial charge in [0, 0.05) is 50.5 Å². The molecule has 0 saturated carbocycles. The fraction of sp³-hybridized carbons (Fsp3) is 0.600. The predicted octanol–water partition coefficient (Wildman–Crippen LogP) is 2.31. The number of piperidine rings is 1.